The van der Waals surface area contributed by atoms with E-state index in [4.69, 9.17) is 0 Å². The number of nitrogens with one attached hydrogen (secondary N) is 2. The summed E-state index contributed by atoms with van der Waals surface area (Å²) in [5.74, 6) is -0.178. The first-order valence-corrected chi connectivity index (χ1v) is 11.6. The van der Waals surface area contributed by atoms with Crippen LogP contribution in [0.15, 0.2) is 59.5 Å². The quantitative estimate of drug-likeness (QED) is 0.695. The summed E-state index contributed by atoms with van der Waals surface area (Å²) in [7, 11) is -3.51. The minimum Gasteiger partial charge on any atom is -0.350 e. The number of likely N-dealkylation sites (tertiary alicyclic amines) is 1. The molecule has 0 aromatic heterocycles. The van der Waals surface area contributed by atoms with Crippen LogP contribution in [-0.4, -0.2) is 44.9 Å². The van der Waals surface area contributed by atoms with E-state index in [1.807, 2.05) is 6.07 Å². The Balaban J connectivity index is 1.58. The molecule has 2 N–H and O–H groups in total. The van der Waals surface area contributed by atoms with Crippen molar-refractivity contribution in [2.75, 3.05) is 19.6 Å². The molecule has 1 fully saturated rings. The van der Waals surface area contributed by atoms with E-state index in [9.17, 15) is 13.2 Å². The number of hydrogen-bond acceptors (Lipinski definition) is 4. The van der Waals surface area contributed by atoms with Crippen LogP contribution in [0.5, 0.6) is 0 Å². The van der Waals surface area contributed by atoms with Gasteiger partial charge in [-0.1, -0.05) is 43.7 Å². The molecule has 2 aromatic carbocycles. The van der Waals surface area contributed by atoms with Crippen molar-refractivity contribution in [3.8, 4) is 0 Å². The first-order valence-electron chi connectivity index (χ1n) is 10.2. The first-order chi connectivity index (χ1) is 14.0. The van der Waals surface area contributed by atoms with Crippen molar-refractivity contribution >= 4 is 15.9 Å². The second-order valence-electron chi connectivity index (χ2n) is 7.34. The number of piperidine rings is 1. The fourth-order valence-electron chi connectivity index (χ4n) is 3.69. The van der Waals surface area contributed by atoms with E-state index in [0.717, 1.165) is 19.5 Å². The molecule has 1 amide bonds. The van der Waals surface area contributed by atoms with Gasteiger partial charge in [-0.05, 0) is 49.2 Å². The average molecular weight is 416 g/mol. The van der Waals surface area contributed by atoms with Crippen LogP contribution < -0.4 is 10.0 Å². The number of carbonyl (C=O) groups excluding carboxylic acids is 1. The molecule has 29 heavy (non-hydrogen) atoms. The highest BCUT2D eigenvalue weighted by atomic mass is 32.2. The Hall–Kier alpha value is -2.22. The van der Waals surface area contributed by atoms with Crippen molar-refractivity contribution in [1.82, 2.24) is 14.9 Å². The van der Waals surface area contributed by atoms with Gasteiger partial charge < -0.3 is 5.32 Å². The molecule has 2 aromatic rings. The lowest BCUT2D eigenvalue weighted by Gasteiger charge is -2.36. The standard InChI is InChI=1S/C22H29N3O3S/c1-2-24-29(27,28)21-13-11-19(12-14-21)22(26)23-16-20-10-6-7-15-25(20)17-18-8-4-3-5-9-18/h3-5,8-9,11-14,20,24H,2,6-7,10,15-17H2,1H3,(H,23,26). The fraction of sp³-hybridized carbons (Fsp3) is 0.409. The molecule has 1 heterocycles. The number of benzene rings is 2. The minimum absolute atomic E-state index is 0.164. The number of carbonyl (C=O) groups is 1. The monoisotopic (exact) mass is 415 g/mol. The predicted molar refractivity (Wildman–Crippen MR) is 114 cm³/mol. The van der Waals surface area contributed by atoms with Crippen LogP contribution >= 0.6 is 0 Å². The second kappa shape index (κ2) is 10.0. The number of amides is 1. The smallest absolute Gasteiger partial charge is 0.251 e. The van der Waals surface area contributed by atoms with Crippen LogP contribution in [-0.2, 0) is 16.6 Å². The van der Waals surface area contributed by atoms with Gasteiger partial charge in [0.15, 0.2) is 0 Å². The summed E-state index contributed by atoms with van der Waals surface area (Å²) in [5, 5.41) is 3.02. The Bertz CT molecular complexity index is 899. The van der Waals surface area contributed by atoms with Crippen molar-refractivity contribution in [3.63, 3.8) is 0 Å². The number of nitrogens with zero attached hydrogens (tertiary/aromatic N) is 1. The van der Waals surface area contributed by atoms with Crippen LogP contribution in [0.4, 0.5) is 0 Å². The van der Waals surface area contributed by atoms with Gasteiger partial charge in [-0.15, -0.1) is 0 Å². The summed E-state index contributed by atoms with van der Waals surface area (Å²) in [6, 6.07) is 16.7. The zero-order valence-corrected chi connectivity index (χ0v) is 17.6. The van der Waals surface area contributed by atoms with Gasteiger partial charge in [0.1, 0.15) is 0 Å². The summed E-state index contributed by atoms with van der Waals surface area (Å²) in [4.78, 5) is 15.1. The van der Waals surface area contributed by atoms with Gasteiger partial charge in [-0.25, -0.2) is 13.1 Å². The highest BCUT2D eigenvalue weighted by Crippen LogP contribution is 2.19. The van der Waals surface area contributed by atoms with Gasteiger partial charge in [-0.2, -0.15) is 0 Å². The van der Waals surface area contributed by atoms with Gasteiger partial charge in [0, 0.05) is 31.2 Å². The van der Waals surface area contributed by atoms with Gasteiger partial charge in [-0.3, -0.25) is 9.69 Å². The maximum Gasteiger partial charge on any atom is 0.251 e. The summed E-state index contributed by atoms with van der Waals surface area (Å²) < 4.78 is 26.5. The van der Waals surface area contributed by atoms with E-state index in [2.05, 4.69) is 39.2 Å². The third-order valence-corrected chi connectivity index (χ3v) is 6.80. The molecule has 0 bridgehead atoms. The molecule has 7 heteroatoms. The molecule has 0 radical (unpaired) electrons. The lowest BCUT2D eigenvalue weighted by atomic mass is 10.0. The zero-order chi connectivity index (χ0) is 20.7. The Labute approximate surface area is 173 Å². The Morgan fingerprint density at radius 1 is 1.07 bits per heavy atom. The Morgan fingerprint density at radius 2 is 1.79 bits per heavy atom. The summed E-state index contributed by atoms with van der Waals surface area (Å²) in [6.07, 6.45) is 3.41. The molecule has 0 aliphatic carbocycles. The van der Waals surface area contributed by atoms with E-state index >= 15 is 0 Å². The lowest BCUT2D eigenvalue weighted by molar-refractivity contribution is 0.0907. The molecule has 0 saturated carbocycles. The van der Waals surface area contributed by atoms with E-state index < -0.39 is 10.0 Å². The largest absolute Gasteiger partial charge is 0.350 e. The van der Waals surface area contributed by atoms with Crippen LogP contribution in [0.25, 0.3) is 0 Å². The van der Waals surface area contributed by atoms with Crippen molar-refractivity contribution in [2.24, 2.45) is 0 Å². The maximum atomic E-state index is 12.5. The highest BCUT2D eigenvalue weighted by Gasteiger charge is 2.23. The summed E-state index contributed by atoms with van der Waals surface area (Å²) in [6.45, 7) is 4.56. The van der Waals surface area contributed by atoms with Gasteiger partial charge in [0.2, 0.25) is 10.0 Å². The zero-order valence-electron chi connectivity index (χ0n) is 16.8. The molecular weight excluding hydrogens is 386 g/mol. The Morgan fingerprint density at radius 3 is 2.48 bits per heavy atom. The number of rotatable bonds is 8. The van der Waals surface area contributed by atoms with Crippen LogP contribution in [0.2, 0.25) is 0 Å². The maximum absolute atomic E-state index is 12.5. The lowest BCUT2D eigenvalue weighted by Crippen LogP contribution is -2.46. The molecule has 1 atom stereocenters. The molecule has 1 aliphatic heterocycles. The van der Waals surface area contributed by atoms with E-state index in [0.29, 0.717) is 24.7 Å². The van der Waals surface area contributed by atoms with E-state index in [-0.39, 0.29) is 10.8 Å². The SMILES string of the molecule is CCNS(=O)(=O)c1ccc(C(=O)NCC2CCCCN2Cc2ccccc2)cc1. The molecule has 156 valence electrons. The Kier molecular flexibility index (Phi) is 7.41. The number of sulfonamides is 1. The van der Waals surface area contributed by atoms with Crippen LogP contribution in [0.3, 0.4) is 0 Å². The fourth-order valence-corrected chi connectivity index (χ4v) is 4.73. The summed E-state index contributed by atoms with van der Waals surface area (Å²) >= 11 is 0. The molecule has 1 unspecified atom stereocenters. The van der Waals surface area contributed by atoms with E-state index in [1.54, 1.807) is 19.1 Å². The summed E-state index contributed by atoms with van der Waals surface area (Å²) in [5.41, 5.74) is 1.74. The topological polar surface area (TPSA) is 78.5 Å². The van der Waals surface area contributed by atoms with Crippen molar-refractivity contribution < 1.29 is 13.2 Å². The van der Waals surface area contributed by atoms with Crippen molar-refractivity contribution in [1.29, 1.82) is 0 Å². The molecule has 6 nitrogen and oxygen atoms in total. The van der Waals surface area contributed by atoms with E-state index in [1.165, 1.54) is 30.5 Å². The second-order valence-corrected chi connectivity index (χ2v) is 9.11. The normalized spacial score (nSPS) is 17.8. The average Bonchev–Trinajstić information content (AvgIpc) is 2.74. The highest BCUT2D eigenvalue weighted by molar-refractivity contribution is 7.89. The van der Waals surface area contributed by atoms with Gasteiger partial charge >= 0.3 is 0 Å². The molecule has 0 spiro atoms. The third-order valence-electron chi connectivity index (χ3n) is 5.24. The van der Waals surface area contributed by atoms with Crippen molar-refractivity contribution in [2.45, 2.75) is 43.7 Å². The van der Waals surface area contributed by atoms with Crippen LogP contribution in [0, 0.1) is 0 Å². The molecule has 3 rings (SSSR count). The van der Waals surface area contributed by atoms with Gasteiger partial charge in [0.05, 0.1) is 4.90 Å². The third kappa shape index (κ3) is 5.88. The first kappa shape index (κ1) is 21.5. The molecule has 1 saturated heterocycles. The van der Waals surface area contributed by atoms with Crippen molar-refractivity contribution in [3.05, 3.63) is 65.7 Å². The van der Waals surface area contributed by atoms with Gasteiger partial charge in [0.25, 0.3) is 5.91 Å². The number of hydrogen-bond donors (Lipinski definition) is 2. The minimum atomic E-state index is -3.51. The van der Waals surface area contributed by atoms with Crippen LogP contribution in [0.1, 0.15) is 42.1 Å². The molecular formula is C22H29N3O3S. The molecule has 1 aliphatic rings. The predicted octanol–water partition coefficient (Wildman–Crippen LogP) is 2.77.